The molecule has 0 saturated carbocycles. The Morgan fingerprint density at radius 1 is 1.20 bits per heavy atom. The molecule has 0 aliphatic carbocycles. The van der Waals surface area contributed by atoms with Gasteiger partial charge in [0.2, 0.25) is 0 Å². The SMILES string of the molecule is CCNC(=NCCS(C)(=O)=O)NC(C)CCC(C)C.I. The van der Waals surface area contributed by atoms with Crippen LogP contribution in [-0.2, 0) is 9.84 Å². The van der Waals surface area contributed by atoms with Crippen LogP contribution in [0.25, 0.3) is 0 Å². The molecule has 20 heavy (non-hydrogen) atoms. The molecule has 122 valence electrons. The van der Waals surface area contributed by atoms with Crippen molar-refractivity contribution in [2.45, 2.75) is 46.6 Å². The van der Waals surface area contributed by atoms with Gasteiger partial charge in [0, 0.05) is 18.8 Å². The Morgan fingerprint density at radius 2 is 1.80 bits per heavy atom. The molecule has 1 unspecified atom stereocenters. The zero-order chi connectivity index (χ0) is 14.9. The van der Waals surface area contributed by atoms with Crippen molar-refractivity contribution >= 4 is 39.8 Å². The van der Waals surface area contributed by atoms with E-state index in [0.29, 0.717) is 24.5 Å². The van der Waals surface area contributed by atoms with Gasteiger partial charge in [0.1, 0.15) is 9.84 Å². The molecule has 0 spiro atoms. The number of rotatable bonds is 8. The number of hydrogen-bond donors (Lipinski definition) is 2. The number of hydrogen-bond acceptors (Lipinski definition) is 3. The number of guanidine groups is 1. The largest absolute Gasteiger partial charge is 0.357 e. The van der Waals surface area contributed by atoms with E-state index in [1.807, 2.05) is 6.92 Å². The van der Waals surface area contributed by atoms with Crippen LogP contribution in [0.15, 0.2) is 4.99 Å². The molecule has 1 atom stereocenters. The van der Waals surface area contributed by atoms with Gasteiger partial charge in [-0.05, 0) is 32.6 Å². The minimum atomic E-state index is -2.95. The van der Waals surface area contributed by atoms with Gasteiger partial charge >= 0.3 is 0 Å². The molecule has 0 aliphatic rings. The highest BCUT2D eigenvalue weighted by Gasteiger charge is 2.07. The van der Waals surface area contributed by atoms with Crippen LogP contribution in [0, 0.1) is 5.92 Å². The summed E-state index contributed by atoms with van der Waals surface area (Å²) in [6.07, 6.45) is 3.47. The smallest absolute Gasteiger partial charge is 0.191 e. The summed E-state index contributed by atoms with van der Waals surface area (Å²) in [7, 11) is -2.95. The summed E-state index contributed by atoms with van der Waals surface area (Å²) in [5.74, 6) is 1.47. The second-order valence-corrected chi connectivity index (χ2v) is 7.67. The van der Waals surface area contributed by atoms with Crippen molar-refractivity contribution in [3.8, 4) is 0 Å². The molecule has 0 aromatic heterocycles. The molecule has 5 nitrogen and oxygen atoms in total. The molecular formula is C13H30IN3O2S. The van der Waals surface area contributed by atoms with E-state index in [9.17, 15) is 8.42 Å². The van der Waals surface area contributed by atoms with Gasteiger partial charge < -0.3 is 10.6 Å². The maximum absolute atomic E-state index is 11.1. The van der Waals surface area contributed by atoms with E-state index in [1.54, 1.807) is 0 Å². The van der Waals surface area contributed by atoms with Crippen LogP contribution >= 0.6 is 24.0 Å². The lowest BCUT2D eigenvalue weighted by Crippen LogP contribution is -2.42. The molecule has 7 heteroatoms. The standard InChI is InChI=1S/C13H29N3O2S.HI/c1-6-14-13(15-9-10-19(5,17)18)16-12(4)8-7-11(2)3;/h11-12H,6-10H2,1-5H3,(H2,14,15,16);1H. The van der Waals surface area contributed by atoms with E-state index in [-0.39, 0.29) is 29.7 Å². The number of nitrogens with one attached hydrogen (secondary N) is 2. The Hall–Kier alpha value is -0.0500. The van der Waals surface area contributed by atoms with Crippen molar-refractivity contribution in [3.63, 3.8) is 0 Å². The number of aliphatic imine (C=N–C) groups is 1. The van der Waals surface area contributed by atoms with Crippen LogP contribution < -0.4 is 10.6 Å². The highest BCUT2D eigenvalue weighted by molar-refractivity contribution is 14.0. The number of nitrogens with zero attached hydrogens (tertiary/aromatic N) is 1. The van der Waals surface area contributed by atoms with Crippen molar-refractivity contribution < 1.29 is 8.42 Å². The Kier molecular flexibility index (Phi) is 12.9. The van der Waals surface area contributed by atoms with Crippen molar-refractivity contribution in [2.24, 2.45) is 10.9 Å². The maximum atomic E-state index is 11.1. The van der Waals surface area contributed by atoms with Gasteiger partial charge in [-0.1, -0.05) is 13.8 Å². The monoisotopic (exact) mass is 419 g/mol. The molecular weight excluding hydrogens is 389 g/mol. The molecule has 0 rings (SSSR count). The second kappa shape index (κ2) is 11.6. The zero-order valence-electron chi connectivity index (χ0n) is 13.3. The lowest BCUT2D eigenvalue weighted by molar-refractivity contribution is 0.489. The minimum absolute atomic E-state index is 0. The maximum Gasteiger partial charge on any atom is 0.191 e. The van der Waals surface area contributed by atoms with Crippen LogP contribution in [0.3, 0.4) is 0 Å². The first-order chi connectivity index (χ1) is 8.74. The summed E-state index contributed by atoms with van der Waals surface area (Å²) in [6, 6.07) is 0.332. The lowest BCUT2D eigenvalue weighted by atomic mass is 10.0. The summed E-state index contributed by atoms with van der Waals surface area (Å²) in [4.78, 5) is 4.28. The molecule has 0 amide bonds. The molecule has 0 heterocycles. The third-order valence-corrected chi connectivity index (χ3v) is 3.56. The Labute approximate surface area is 141 Å². The van der Waals surface area contributed by atoms with Gasteiger partial charge in [-0.3, -0.25) is 4.99 Å². The summed E-state index contributed by atoms with van der Waals surface area (Å²) in [5, 5.41) is 6.44. The summed E-state index contributed by atoms with van der Waals surface area (Å²) < 4.78 is 22.1. The second-order valence-electron chi connectivity index (χ2n) is 5.41. The highest BCUT2D eigenvalue weighted by atomic mass is 127. The van der Waals surface area contributed by atoms with E-state index in [2.05, 4.69) is 36.4 Å². The van der Waals surface area contributed by atoms with Gasteiger partial charge in [-0.15, -0.1) is 24.0 Å². The third-order valence-electron chi connectivity index (χ3n) is 2.64. The molecule has 2 N–H and O–H groups in total. The fourth-order valence-corrected chi connectivity index (χ4v) is 1.96. The van der Waals surface area contributed by atoms with Crippen molar-refractivity contribution in [3.05, 3.63) is 0 Å². The van der Waals surface area contributed by atoms with Crippen LogP contribution in [0.4, 0.5) is 0 Å². The van der Waals surface area contributed by atoms with Crippen LogP contribution in [0.2, 0.25) is 0 Å². The third kappa shape index (κ3) is 14.4. The van der Waals surface area contributed by atoms with Crippen LogP contribution in [0.5, 0.6) is 0 Å². The Morgan fingerprint density at radius 3 is 2.25 bits per heavy atom. The van der Waals surface area contributed by atoms with E-state index >= 15 is 0 Å². The number of sulfone groups is 1. The first-order valence-electron chi connectivity index (χ1n) is 6.97. The van der Waals surface area contributed by atoms with Crippen molar-refractivity contribution in [1.29, 1.82) is 0 Å². The van der Waals surface area contributed by atoms with E-state index in [1.165, 1.54) is 6.26 Å². The topological polar surface area (TPSA) is 70.6 Å². The average molecular weight is 419 g/mol. The molecule has 0 radical (unpaired) electrons. The fourth-order valence-electron chi connectivity index (χ4n) is 1.53. The summed E-state index contributed by atoms with van der Waals surface area (Å²) in [6.45, 7) is 9.58. The average Bonchev–Trinajstić information content (AvgIpc) is 2.24. The molecule has 0 bridgehead atoms. The highest BCUT2D eigenvalue weighted by Crippen LogP contribution is 2.06. The molecule has 0 aromatic rings. The van der Waals surface area contributed by atoms with E-state index in [0.717, 1.165) is 19.4 Å². The van der Waals surface area contributed by atoms with Crippen LogP contribution in [0.1, 0.15) is 40.5 Å². The van der Waals surface area contributed by atoms with E-state index in [4.69, 9.17) is 0 Å². The van der Waals surface area contributed by atoms with Crippen molar-refractivity contribution in [1.82, 2.24) is 10.6 Å². The quantitative estimate of drug-likeness (QED) is 0.359. The number of halogens is 1. The molecule has 0 saturated heterocycles. The zero-order valence-corrected chi connectivity index (χ0v) is 16.4. The van der Waals surface area contributed by atoms with Gasteiger partial charge in [0.25, 0.3) is 0 Å². The fraction of sp³-hybridized carbons (Fsp3) is 0.923. The molecule has 0 fully saturated rings. The lowest BCUT2D eigenvalue weighted by Gasteiger charge is -2.18. The van der Waals surface area contributed by atoms with Gasteiger partial charge in [-0.25, -0.2) is 8.42 Å². The molecule has 0 aliphatic heterocycles. The van der Waals surface area contributed by atoms with E-state index < -0.39 is 9.84 Å². The normalized spacial score (nSPS) is 13.8. The predicted molar refractivity (Wildman–Crippen MR) is 97.8 cm³/mol. The first kappa shape index (κ1) is 22.2. The Balaban J connectivity index is 0. The summed E-state index contributed by atoms with van der Waals surface area (Å²) in [5.41, 5.74) is 0. The predicted octanol–water partition coefficient (Wildman–Crippen LogP) is 2.03. The minimum Gasteiger partial charge on any atom is -0.357 e. The first-order valence-corrected chi connectivity index (χ1v) is 9.03. The van der Waals surface area contributed by atoms with Gasteiger partial charge in [0.15, 0.2) is 5.96 Å². The van der Waals surface area contributed by atoms with Gasteiger partial charge in [0.05, 0.1) is 12.3 Å². The van der Waals surface area contributed by atoms with Gasteiger partial charge in [-0.2, -0.15) is 0 Å². The Bertz CT molecular complexity index is 370. The summed E-state index contributed by atoms with van der Waals surface area (Å²) >= 11 is 0. The van der Waals surface area contributed by atoms with Crippen LogP contribution in [-0.4, -0.2) is 45.5 Å². The van der Waals surface area contributed by atoms with Crippen molar-refractivity contribution in [2.75, 3.05) is 25.1 Å². The molecule has 0 aromatic carbocycles.